The van der Waals surface area contributed by atoms with Crippen LogP contribution in [0.4, 0.5) is 20.7 Å². The largest absolute Gasteiger partial charge is 0.444 e. The van der Waals surface area contributed by atoms with Crippen molar-refractivity contribution in [1.82, 2.24) is 24.6 Å². The number of thioether (sulfide) groups is 1. The van der Waals surface area contributed by atoms with Crippen LogP contribution in [-0.2, 0) is 47.6 Å². The van der Waals surface area contributed by atoms with Gasteiger partial charge < -0.3 is 19.3 Å². The van der Waals surface area contributed by atoms with Crippen molar-refractivity contribution in [3.8, 4) is 0 Å². The molecule has 3 aromatic rings. The molecule has 246 valence electrons. The van der Waals surface area contributed by atoms with Crippen molar-refractivity contribution >= 4 is 46.9 Å². The second kappa shape index (κ2) is 12.3. The Morgan fingerprint density at radius 3 is 2.67 bits per heavy atom. The van der Waals surface area contributed by atoms with Gasteiger partial charge in [-0.15, -0.1) is 0 Å². The molecular weight excluding hydrogens is 633 g/mol. The molecule has 6 rings (SSSR count). The highest BCUT2D eigenvalue weighted by molar-refractivity contribution is 7.98. The van der Waals surface area contributed by atoms with E-state index in [-0.39, 0.29) is 18.2 Å². The van der Waals surface area contributed by atoms with Crippen LogP contribution in [-0.4, -0.2) is 69.1 Å². The molecule has 1 spiro atoms. The lowest BCUT2D eigenvalue weighted by Gasteiger charge is -2.43. The van der Waals surface area contributed by atoms with E-state index in [0.29, 0.717) is 59.4 Å². The fraction of sp³-hybridized carbons (Fsp3) is 0.531. The van der Waals surface area contributed by atoms with Gasteiger partial charge in [0.2, 0.25) is 0 Å². The molecule has 0 saturated heterocycles. The van der Waals surface area contributed by atoms with Crippen LogP contribution in [0.15, 0.2) is 17.3 Å². The molecule has 1 unspecified atom stereocenters. The summed E-state index contributed by atoms with van der Waals surface area (Å²) in [6.45, 7) is 7.35. The van der Waals surface area contributed by atoms with E-state index in [1.165, 1.54) is 22.7 Å². The van der Waals surface area contributed by atoms with Gasteiger partial charge in [-0.2, -0.15) is 5.10 Å². The van der Waals surface area contributed by atoms with E-state index in [2.05, 4.69) is 15.3 Å². The second-order valence-corrected chi connectivity index (χ2v) is 14.4. The first-order chi connectivity index (χ1) is 21.8. The smallest absolute Gasteiger partial charge is 0.412 e. The number of rotatable bonds is 4. The number of nitrogens with one attached hydrogen (secondary N) is 1. The Labute approximate surface area is 277 Å². The average Bonchev–Trinajstić information content (AvgIpc) is 3.28. The zero-order chi connectivity index (χ0) is 33.0. The van der Waals surface area contributed by atoms with Crippen LogP contribution in [0.1, 0.15) is 78.6 Å². The minimum Gasteiger partial charge on any atom is -0.444 e. The molecule has 1 aliphatic carbocycles. The van der Waals surface area contributed by atoms with Gasteiger partial charge in [-0.3, -0.25) is 14.8 Å². The Hall–Kier alpha value is -3.42. The molecule has 0 fully saturated rings. The topological polar surface area (TPSA) is 115 Å². The number of benzene rings is 1. The number of ether oxygens (including phenoxy) is 2. The molecule has 2 aliphatic heterocycles. The summed E-state index contributed by atoms with van der Waals surface area (Å²) in [7, 11) is 3.43. The molecule has 3 aliphatic rings. The maximum absolute atomic E-state index is 16.5. The molecule has 1 aromatic carbocycles. The van der Waals surface area contributed by atoms with Gasteiger partial charge >= 0.3 is 6.09 Å². The average molecular weight is 672 g/mol. The van der Waals surface area contributed by atoms with Crippen molar-refractivity contribution in [2.45, 2.75) is 88.9 Å². The van der Waals surface area contributed by atoms with Crippen LogP contribution < -0.4 is 10.2 Å². The monoisotopic (exact) mass is 671 g/mol. The first-order valence-corrected chi connectivity index (χ1v) is 17.0. The maximum atomic E-state index is 16.5. The molecule has 46 heavy (non-hydrogen) atoms. The zero-order valence-corrected chi connectivity index (χ0v) is 28.6. The molecule has 4 heterocycles. The summed E-state index contributed by atoms with van der Waals surface area (Å²) in [4.78, 5) is 38.8. The summed E-state index contributed by atoms with van der Waals surface area (Å²) in [6, 6.07) is 3.30. The van der Waals surface area contributed by atoms with Crippen molar-refractivity contribution in [3.63, 3.8) is 0 Å². The van der Waals surface area contributed by atoms with Gasteiger partial charge in [0, 0.05) is 49.8 Å². The molecule has 1 N–H and O–H groups in total. The van der Waals surface area contributed by atoms with E-state index in [9.17, 15) is 9.59 Å². The first kappa shape index (κ1) is 32.5. The second-order valence-electron chi connectivity index (χ2n) is 13.2. The molecule has 2 aromatic heterocycles. The third kappa shape index (κ3) is 6.16. The van der Waals surface area contributed by atoms with Crippen molar-refractivity contribution in [2.75, 3.05) is 37.1 Å². The van der Waals surface area contributed by atoms with Crippen LogP contribution in [0, 0.1) is 5.82 Å². The normalized spacial score (nSPS) is 19.2. The van der Waals surface area contributed by atoms with Crippen LogP contribution >= 0.6 is 23.4 Å². The molecule has 14 heteroatoms. The minimum absolute atomic E-state index is 0.0462. The summed E-state index contributed by atoms with van der Waals surface area (Å²) in [5.41, 5.74) is 2.25. The van der Waals surface area contributed by atoms with E-state index >= 15 is 4.39 Å². The number of anilines is 2. The van der Waals surface area contributed by atoms with Crippen molar-refractivity contribution < 1.29 is 23.5 Å². The Morgan fingerprint density at radius 2 is 1.96 bits per heavy atom. The number of carbonyl (C=O) groups is 2. The van der Waals surface area contributed by atoms with E-state index < -0.39 is 23.1 Å². The molecule has 0 radical (unpaired) electrons. The minimum atomic E-state index is -1.01. The number of nitrogens with zero attached hydrogens (tertiary/aromatic N) is 6. The predicted octanol–water partition coefficient (Wildman–Crippen LogP) is 5.95. The van der Waals surface area contributed by atoms with E-state index in [1.54, 1.807) is 34.9 Å². The van der Waals surface area contributed by atoms with Gasteiger partial charge in [-0.05, 0) is 70.4 Å². The lowest BCUT2D eigenvalue weighted by molar-refractivity contribution is -0.0877. The number of hydrogen-bond acceptors (Lipinski definition) is 9. The quantitative estimate of drug-likeness (QED) is 0.265. The van der Waals surface area contributed by atoms with Crippen molar-refractivity contribution in [1.29, 1.82) is 0 Å². The number of hydrogen-bond donors (Lipinski definition) is 1. The standard InChI is InChI=1S/C32H39ClFN7O4S/c1-31(2,3)45-30(43)36-22-14-21(33)19-9-7-10-32(25(19)26(22)34)15-24-20(17-44-32)27(37-29(35-24)46-6)40-11-8-12-41-18(16-40)13-23(38-41)28(42)39(4)5/h13-14H,7-12,15-17H2,1-6H3,(H,36,43). The maximum Gasteiger partial charge on any atom is 0.412 e. The zero-order valence-electron chi connectivity index (χ0n) is 27.0. The highest BCUT2D eigenvalue weighted by Gasteiger charge is 2.46. The Bertz CT molecular complexity index is 1710. The summed E-state index contributed by atoms with van der Waals surface area (Å²) < 4.78 is 30.4. The molecule has 0 saturated carbocycles. The van der Waals surface area contributed by atoms with Gasteiger partial charge in [0.25, 0.3) is 5.91 Å². The number of aryl methyl sites for hydroxylation is 1. The summed E-state index contributed by atoms with van der Waals surface area (Å²) in [6.07, 6.45) is 4.24. The van der Waals surface area contributed by atoms with E-state index in [1.807, 2.05) is 17.0 Å². The molecule has 2 amide bonds. The highest BCUT2D eigenvalue weighted by Crippen LogP contribution is 2.50. The number of amides is 2. The Kier molecular flexibility index (Phi) is 8.70. The number of carbonyl (C=O) groups excluding carboxylic acids is 2. The third-order valence-corrected chi connectivity index (χ3v) is 9.42. The summed E-state index contributed by atoms with van der Waals surface area (Å²) in [5, 5.41) is 8.11. The van der Waals surface area contributed by atoms with Gasteiger partial charge in [0.15, 0.2) is 16.7 Å². The fourth-order valence-electron chi connectivity index (χ4n) is 6.54. The predicted molar refractivity (Wildman–Crippen MR) is 174 cm³/mol. The van der Waals surface area contributed by atoms with Crippen LogP contribution in [0.2, 0.25) is 5.02 Å². The van der Waals surface area contributed by atoms with Gasteiger partial charge in [-0.25, -0.2) is 19.2 Å². The number of halogens is 2. The Balaban J connectivity index is 1.36. The fourth-order valence-corrected chi connectivity index (χ4v) is 7.21. The van der Waals surface area contributed by atoms with E-state index in [4.69, 9.17) is 31.0 Å². The van der Waals surface area contributed by atoms with E-state index in [0.717, 1.165) is 42.2 Å². The SMILES string of the molecule is CSc1nc2c(c(N3CCCn4nc(C(=O)N(C)C)cc4C3)n1)COC1(CCCc3c(Cl)cc(NC(=O)OC(C)(C)C)c(F)c31)C2. The molecule has 11 nitrogen and oxygen atoms in total. The first-order valence-electron chi connectivity index (χ1n) is 15.4. The van der Waals surface area contributed by atoms with Gasteiger partial charge in [0.1, 0.15) is 17.0 Å². The van der Waals surface area contributed by atoms with Crippen LogP contribution in [0.3, 0.4) is 0 Å². The molecular formula is C32H39ClFN7O4S. The summed E-state index contributed by atoms with van der Waals surface area (Å²) >= 11 is 8.18. The molecule has 0 bridgehead atoms. The van der Waals surface area contributed by atoms with Gasteiger partial charge in [-0.1, -0.05) is 23.4 Å². The summed E-state index contributed by atoms with van der Waals surface area (Å²) in [5.74, 6) is 0.0605. The van der Waals surface area contributed by atoms with Crippen LogP contribution in [0.5, 0.6) is 0 Å². The third-order valence-electron chi connectivity index (χ3n) is 8.53. The lowest BCUT2D eigenvalue weighted by Crippen LogP contribution is -2.42. The number of aromatic nitrogens is 4. The van der Waals surface area contributed by atoms with Crippen molar-refractivity contribution in [3.05, 3.63) is 56.7 Å². The highest BCUT2D eigenvalue weighted by atomic mass is 35.5. The number of fused-ring (bicyclic) bond motifs is 4. The Morgan fingerprint density at radius 1 is 1.17 bits per heavy atom. The van der Waals surface area contributed by atoms with Crippen molar-refractivity contribution in [2.24, 2.45) is 0 Å². The molecule has 1 atom stereocenters. The lowest BCUT2D eigenvalue weighted by atomic mass is 9.74. The van der Waals surface area contributed by atoms with Gasteiger partial charge in [0.05, 0.1) is 30.2 Å². The van der Waals surface area contributed by atoms with Crippen LogP contribution in [0.25, 0.3) is 0 Å².